The fourth-order valence-electron chi connectivity index (χ4n) is 10.7. The van der Waals surface area contributed by atoms with Gasteiger partial charge in [0.05, 0.1) is 39.9 Å². The van der Waals surface area contributed by atoms with Crippen LogP contribution in [0.15, 0.2) is 122 Å². The average Bonchev–Trinajstić information content (AvgIpc) is 3.61. The molecule has 0 fully saturated rings. The van der Waals surface area contributed by atoms with Crippen LogP contribution in [0.2, 0.25) is 0 Å². The zero-order valence-electron chi connectivity index (χ0n) is 58.9. The van der Waals surface area contributed by atoms with Crippen LogP contribution < -0.4 is 10.2 Å². The van der Waals surface area contributed by atoms with E-state index in [1.54, 1.807) is 0 Å². The van der Waals surface area contributed by atoms with Crippen LogP contribution in [0.3, 0.4) is 0 Å². The molecule has 0 aliphatic carbocycles. The van der Waals surface area contributed by atoms with Gasteiger partial charge in [0.25, 0.3) is 7.82 Å². The van der Waals surface area contributed by atoms with E-state index in [0.717, 1.165) is 109 Å². The smallest absolute Gasteiger partial charge is 0.268 e. The zero-order valence-corrected chi connectivity index (χ0v) is 59.7. The lowest BCUT2D eigenvalue weighted by atomic mass is 10.0. The number of nitrogens with one attached hydrogen (secondary N) is 1. The number of aliphatic hydroxyl groups excluding tert-OH is 1. The van der Waals surface area contributed by atoms with Crippen molar-refractivity contribution in [3.8, 4) is 0 Å². The molecule has 0 saturated carbocycles. The van der Waals surface area contributed by atoms with Gasteiger partial charge in [0.2, 0.25) is 5.91 Å². The Morgan fingerprint density at radius 3 is 1.00 bits per heavy atom. The van der Waals surface area contributed by atoms with E-state index in [0.29, 0.717) is 23.9 Å². The largest absolute Gasteiger partial charge is 0.756 e. The van der Waals surface area contributed by atoms with Gasteiger partial charge in [-0.1, -0.05) is 354 Å². The molecule has 0 aliphatic rings. The molecule has 0 radical (unpaired) electrons. The topological polar surface area (TPSA) is 108 Å². The molecule has 8 nitrogen and oxygen atoms in total. The minimum atomic E-state index is -4.59. The van der Waals surface area contributed by atoms with E-state index < -0.39 is 20.0 Å². The lowest BCUT2D eigenvalue weighted by molar-refractivity contribution is -0.870. The predicted molar refractivity (Wildman–Crippen MR) is 389 cm³/mol. The van der Waals surface area contributed by atoms with Crippen LogP contribution in [-0.4, -0.2) is 68.5 Å². The summed E-state index contributed by atoms with van der Waals surface area (Å²) in [5.74, 6) is -0.170. The molecular formula is C80H143N2O6P. The summed E-state index contributed by atoms with van der Waals surface area (Å²) < 4.78 is 23.6. The fraction of sp³-hybridized carbons (Fsp3) is 0.738. The number of carbonyl (C=O) groups is 1. The highest BCUT2D eigenvalue weighted by Gasteiger charge is 2.24. The van der Waals surface area contributed by atoms with Crippen molar-refractivity contribution in [3.63, 3.8) is 0 Å². The lowest BCUT2D eigenvalue weighted by Gasteiger charge is -2.30. The van der Waals surface area contributed by atoms with Gasteiger partial charge >= 0.3 is 0 Å². The molecule has 3 unspecified atom stereocenters. The summed E-state index contributed by atoms with van der Waals surface area (Å²) in [4.78, 5) is 25.7. The van der Waals surface area contributed by atoms with E-state index in [2.05, 4.69) is 141 Å². The van der Waals surface area contributed by atoms with Gasteiger partial charge in [-0.15, -0.1) is 0 Å². The number of quaternary nitrogens is 1. The maximum Gasteiger partial charge on any atom is 0.268 e. The standard InChI is InChI=1S/C80H143N2O6P/c1-6-8-10-12-14-16-18-20-22-24-26-28-30-32-34-35-36-37-38-39-40-41-42-43-44-45-46-47-48-50-52-54-56-58-60-62-64-66-68-70-72-74-80(84)81-78(77-88-89(85,86)87-76-75-82(3,4)5)79(83)73-71-69-67-65-63-61-59-57-55-53-51-49-33-31-29-27-25-23-21-19-17-15-13-11-9-7-2/h8,10,14,16,20,22,26,28,32,34,36-37,39-40,42-43,45-46,48,50,78-79,83H,6-7,9,11-13,15,17-19,21,23-25,27,29-31,33,35,38,41,44,47,49,51-77H2,1-5H3,(H-,81,84,85,86)/b10-8-,16-14-,22-20-,28-26-,34-32-,37-36-,40-39-,43-42-,46-45-,50-48-. The van der Waals surface area contributed by atoms with Crippen molar-refractivity contribution in [2.24, 2.45) is 0 Å². The maximum atomic E-state index is 13.1. The maximum absolute atomic E-state index is 13.1. The number of phosphoric acid groups is 1. The summed E-state index contributed by atoms with van der Waals surface area (Å²) >= 11 is 0. The lowest BCUT2D eigenvalue weighted by Crippen LogP contribution is -2.46. The summed E-state index contributed by atoms with van der Waals surface area (Å²) in [7, 11) is 1.30. The van der Waals surface area contributed by atoms with Gasteiger partial charge in [0.15, 0.2) is 0 Å². The second-order valence-corrected chi connectivity index (χ2v) is 27.7. The number of hydrogen-bond acceptors (Lipinski definition) is 6. The first-order valence-corrected chi connectivity index (χ1v) is 38.8. The van der Waals surface area contributed by atoms with Crippen molar-refractivity contribution in [1.29, 1.82) is 0 Å². The molecule has 0 spiro atoms. The van der Waals surface area contributed by atoms with Crippen molar-refractivity contribution in [2.75, 3.05) is 40.9 Å². The molecule has 0 aromatic heterocycles. The minimum absolute atomic E-state index is 0.00713. The Balaban J connectivity index is 4.06. The molecule has 0 aromatic carbocycles. The molecule has 0 aromatic rings. The first-order valence-electron chi connectivity index (χ1n) is 37.4. The van der Waals surface area contributed by atoms with E-state index in [-0.39, 0.29) is 19.1 Å². The Bertz CT molecular complexity index is 1870. The molecule has 514 valence electrons. The highest BCUT2D eigenvalue weighted by Crippen LogP contribution is 2.38. The van der Waals surface area contributed by atoms with Gasteiger partial charge in [-0.05, 0) is 89.9 Å². The van der Waals surface area contributed by atoms with Gasteiger partial charge in [0.1, 0.15) is 13.2 Å². The zero-order chi connectivity index (χ0) is 64.8. The van der Waals surface area contributed by atoms with Crippen molar-refractivity contribution in [2.45, 2.75) is 341 Å². The van der Waals surface area contributed by atoms with E-state index in [1.807, 2.05) is 21.1 Å². The Hall–Kier alpha value is -3.10. The van der Waals surface area contributed by atoms with E-state index in [9.17, 15) is 19.4 Å². The van der Waals surface area contributed by atoms with Crippen LogP contribution in [0.4, 0.5) is 0 Å². The molecule has 2 N–H and O–H groups in total. The third-order valence-corrected chi connectivity index (χ3v) is 17.4. The summed E-state index contributed by atoms with van der Waals surface area (Å²) in [6.07, 6.45) is 103. The Morgan fingerprint density at radius 1 is 0.404 bits per heavy atom. The molecule has 0 aliphatic heterocycles. The van der Waals surface area contributed by atoms with Crippen LogP contribution >= 0.6 is 7.82 Å². The average molecular weight is 1260 g/mol. The first kappa shape index (κ1) is 85.9. The first-order chi connectivity index (χ1) is 43.5. The summed E-state index contributed by atoms with van der Waals surface area (Å²) in [5, 5.41) is 14.1. The normalized spacial score (nSPS) is 14.3. The number of amides is 1. The number of hydrogen-bond donors (Lipinski definition) is 2. The minimum Gasteiger partial charge on any atom is -0.756 e. The van der Waals surface area contributed by atoms with Gasteiger partial charge in [0, 0.05) is 6.42 Å². The quantitative estimate of drug-likeness (QED) is 0.0272. The predicted octanol–water partition coefficient (Wildman–Crippen LogP) is 23.8. The monoisotopic (exact) mass is 1260 g/mol. The molecule has 0 bridgehead atoms. The summed E-state index contributed by atoms with van der Waals surface area (Å²) in [5.41, 5.74) is 0. The molecule has 89 heavy (non-hydrogen) atoms. The second-order valence-electron chi connectivity index (χ2n) is 26.3. The van der Waals surface area contributed by atoms with Crippen molar-refractivity contribution in [3.05, 3.63) is 122 Å². The third-order valence-electron chi connectivity index (χ3n) is 16.5. The van der Waals surface area contributed by atoms with Gasteiger partial charge in [-0.2, -0.15) is 0 Å². The number of nitrogens with zero attached hydrogens (tertiary/aromatic N) is 1. The van der Waals surface area contributed by atoms with E-state index in [4.69, 9.17) is 9.05 Å². The molecule has 0 heterocycles. The van der Waals surface area contributed by atoms with Crippen molar-refractivity contribution >= 4 is 13.7 Å². The van der Waals surface area contributed by atoms with Crippen molar-refractivity contribution < 1.29 is 32.9 Å². The third kappa shape index (κ3) is 72.2. The van der Waals surface area contributed by atoms with Gasteiger partial charge in [-0.25, -0.2) is 0 Å². The molecule has 9 heteroatoms. The van der Waals surface area contributed by atoms with Gasteiger partial charge < -0.3 is 28.8 Å². The van der Waals surface area contributed by atoms with E-state index in [1.165, 1.54) is 193 Å². The Labute approximate surface area is 552 Å². The highest BCUT2D eigenvalue weighted by molar-refractivity contribution is 7.45. The number of phosphoric ester groups is 1. The number of carbonyl (C=O) groups excluding carboxylic acids is 1. The number of unbranched alkanes of at least 4 members (excludes halogenated alkanes) is 35. The summed E-state index contributed by atoms with van der Waals surface area (Å²) in [6.45, 7) is 4.63. The SMILES string of the molecule is CC/C=C\C/C=C\C/C=C\C/C=C\C/C=C\C/C=C\C/C=C\C/C=C\C/C=C\C/C=C\CCCCCCCCCCCCC(=O)NC(COP(=O)([O-])OCC[N+](C)(C)C)C(O)CCCCCCCCCCCCCCCCCCCCCCCCCCCC. The molecule has 0 rings (SSSR count). The second kappa shape index (κ2) is 69.2. The van der Waals surface area contributed by atoms with Crippen LogP contribution in [-0.2, 0) is 18.4 Å². The fourth-order valence-corrected chi connectivity index (χ4v) is 11.4. The molecular weight excluding hydrogens is 1120 g/mol. The van der Waals surface area contributed by atoms with Crippen LogP contribution in [0.5, 0.6) is 0 Å². The molecule has 0 saturated heterocycles. The van der Waals surface area contributed by atoms with Gasteiger partial charge in [-0.3, -0.25) is 9.36 Å². The van der Waals surface area contributed by atoms with Crippen LogP contribution in [0, 0.1) is 0 Å². The highest BCUT2D eigenvalue weighted by atomic mass is 31.2. The summed E-state index contributed by atoms with van der Waals surface area (Å²) in [6, 6.07) is -0.812. The molecule has 1 amide bonds. The van der Waals surface area contributed by atoms with Crippen LogP contribution in [0.1, 0.15) is 328 Å². The van der Waals surface area contributed by atoms with Crippen LogP contribution in [0.25, 0.3) is 0 Å². The number of likely N-dealkylation sites (N-methyl/N-ethyl adjacent to an activating group) is 1. The number of rotatable bonds is 68. The number of allylic oxidation sites excluding steroid dienone is 20. The van der Waals surface area contributed by atoms with E-state index >= 15 is 0 Å². The molecule has 3 atom stereocenters. The Morgan fingerprint density at radius 2 is 0.685 bits per heavy atom. The van der Waals surface area contributed by atoms with Crippen molar-refractivity contribution in [1.82, 2.24) is 5.32 Å². The number of aliphatic hydroxyl groups is 1. The Kier molecular flexibility index (Phi) is 66.8.